The van der Waals surface area contributed by atoms with E-state index >= 15 is 0 Å². The Balaban J connectivity index is 1.42. The van der Waals surface area contributed by atoms with E-state index in [0.29, 0.717) is 32.5 Å². The SMILES string of the molecule is Cc1[nH]nc(CCC(=O)N2C[C@H]3CC[C@@H](C2)N(Cc2ccccn2)C3=O)c1C. The van der Waals surface area contributed by atoms with Gasteiger partial charge in [0.05, 0.1) is 23.9 Å². The predicted octanol–water partition coefficient (Wildman–Crippen LogP) is 2.00. The van der Waals surface area contributed by atoms with Crippen LogP contribution in [0.25, 0.3) is 0 Å². The second kappa shape index (κ2) is 7.73. The van der Waals surface area contributed by atoms with E-state index in [2.05, 4.69) is 15.2 Å². The van der Waals surface area contributed by atoms with E-state index in [1.165, 1.54) is 0 Å². The van der Waals surface area contributed by atoms with Gasteiger partial charge in [-0.05, 0) is 44.4 Å². The van der Waals surface area contributed by atoms with E-state index in [9.17, 15) is 9.59 Å². The Morgan fingerprint density at radius 3 is 2.82 bits per heavy atom. The van der Waals surface area contributed by atoms with Crippen LogP contribution >= 0.6 is 0 Å². The lowest BCUT2D eigenvalue weighted by atomic mass is 9.94. The number of nitrogens with one attached hydrogen (secondary N) is 1. The molecular weight excluding hydrogens is 354 g/mol. The third-order valence-electron chi connectivity index (χ3n) is 6.13. The Hall–Kier alpha value is -2.70. The van der Waals surface area contributed by atoms with Gasteiger partial charge in [0.2, 0.25) is 11.8 Å². The number of hydrogen-bond donors (Lipinski definition) is 1. The number of nitrogens with zero attached hydrogens (tertiary/aromatic N) is 4. The lowest BCUT2D eigenvalue weighted by Crippen LogP contribution is -2.47. The molecule has 0 aromatic carbocycles. The Bertz CT molecular complexity index is 863. The lowest BCUT2D eigenvalue weighted by molar-refractivity contribution is -0.140. The molecule has 7 heteroatoms. The van der Waals surface area contributed by atoms with Crippen LogP contribution in [-0.2, 0) is 22.6 Å². The van der Waals surface area contributed by atoms with Gasteiger partial charge in [-0.1, -0.05) is 6.07 Å². The molecule has 1 N–H and O–H groups in total. The lowest BCUT2D eigenvalue weighted by Gasteiger charge is -2.35. The average molecular weight is 381 g/mol. The number of H-pyrrole nitrogens is 1. The van der Waals surface area contributed by atoms with Crippen LogP contribution < -0.4 is 0 Å². The average Bonchev–Trinajstić information content (AvgIpc) is 2.88. The van der Waals surface area contributed by atoms with E-state index in [0.717, 1.165) is 35.5 Å². The van der Waals surface area contributed by atoms with Gasteiger partial charge in [0.25, 0.3) is 0 Å². The van der Waals surface area contributed by atoms with Gasteiger partial charge in [-0.25, -0.2) is 0 Å². The van der Waals surface area contributed by atoms with Gasteiger partial charge < -0.3 is 9.80 Å². The number of fused-ring (bicyclic) bond motifs is 4. The van der Waals surface area contributed by atoms with Gasteiger partial charge in [-0.2, -0.15) is 5.10 Å². The molecule has 0 saturated carbocycles. The number of carbonyl (C=O) groups excluding carboxylic acids is 2. The summed E-state index contributed by atoms with van der Waals surface area (Å²) in [6, 6.07) is 5.84. The topological polar surface area (TPSA) is 82.2 Å². The van der Waals surface area contributed by atoms with Crippen LogP contribution in [0, 0.1) is 19.8 Å². The van der Waals surface area contributed by atoms with Crippen LogP contribution in [0.5, 0.6) is 0 Å². The summed E-state index contributed by atoms with van der Waals surface area (Å²) >= 11 is 0. The summed E-state index contributed by atoms with van der Waals surface area (Å²) in [6.07, 6.45) is 4.63. The summed E-state index contributed by atoms with van der Waals surface area (Å²) in [5.41, 5.74) is 4.02. The molecule has 3 saturated heterocycles. The molecule has 2 atom stereocenters. The number of pyridine rings is 1. The molecule has 2 bridgehead atoms. The van der Waals surface area contributed by atoms with Gasteiger partial charge in [-0.15, -0.1) is 0 Å². The van der Waals surface area contributed by atoms with Crippen molar-refractivity contribution in [2.24, 2.45) is 5.92 Å². The highest BCUT2D eigenvalue weighted by atomic mass is 16.2. The number of aromatic amines is 1. The molecule has 3 aliphatic rings. The normalized spacial score (nSPS) is 21.9. The van der Waals surface area contributed by atoms with Crippen molar-refractivity contribution in [3.8, 4) is 0 Å². The first-order chi connectivity index (χ1) is 13.5. The molecule has 7 nitrogen and oxygen atoms in total. The number of amides is 2. The van der Waals surface area contributed by atoms with Crippen molar-refractivity contribution in [3.05, 3.63) is 47.0 Å². The number of piperidine rings is 1. The maximum absolute atomic E-state index is 13.0. The standard InChI is InChI=1S/C21H27N5O2/c1-14-15(2)23-24-19(14)8-9-20(27)25-11-16-6-7-18(13-25)26(21(16)28)12-17-5-3-4-10-22-17/h3-5,10,16,18H,6-9,11-13H2,1-2H3,(H,23,24)/t16-,18+/m1/s1. The Morgan fingerprint density at radius 2 is 2.11 bits per heavy atom. The largest absolute Gasteiger partial charge is 0.340 e. The number of carbonyl (C=O) groups is 2. The predicted molar refractivity (Wildman–Crippen MR) is 104 cm³/mol. The minimum Gasteiger partial charge on any atom is -0.340 e. The van der Waals surface area contributed by atoms with Crippen LogP contribution in [0.15, 0.2) is 24.4 Å². The summed E-state index contributed by atoms with van der Waals surface area (Å²) in [5, 5.41) is 7.28. The van der Waals surface area contributed by atoms with Gasteiger partial charge in [0, 0.05) is 43.9 Å². The molecule has 28 heavy (non-hydrogen) atoms. The second-order valence-electron chi connectivity index (χ2n) is 7.93. The van der Waals surface area contributed by atoms with Crippen molar-refractivity contribution in [1.82, 2.24) is 25.0 Å². The third-order valence-corrected chi connectivity index (χ3v) is 6.13. The monoisotopic (exact) mass is 381 g/mol. The molecule has 2 amide bonds. The molecule has 2 aromatic heterocycles. The molecular formula is C21H27N5O2. The minimum absolute atomic E-state index is 0.0755. The molecule has 0 radical (unpaired) electrons. The zero-order valence-electron chi connectivity index (χ0n) is 16.5. The van der Waals surface area contributed by atoms with Crippen molar-refractivity contribution < 1.29 is 9.59 Å². The summed E-state index contributed by atoms with van der Waals surface area (Å²) in [6.45, 7) is 5.69. The Kier molecular flexibility index (Phi) is 5.15. The molecule has 0 spiro atoms. The Morgan fingerprint density at radius 1 is 1.25 bits per heavy atom. The molecule has 0 aliphatic carbocycles. The third kappa shape index (κ3) is 3.66. The summed E-state index contributed by atoms with van der Waals surface area (Å²) < 4.78 is 0. The number of aryl methyl sites for hydroxylation is 2. The maximum Gasteiger partial charge on any atom is 0.228 e. The van der Waals surface area contributed by atoms with Gasteiger partial charge in [0.15, 0.2) is 0 Å². The van der Waals surface area contributed by atoms with Gasteiger partial charge >= 0.3 is 0 Å². The van der Waals surface area contributed by atoms with Gasteiger partial charge in [0.1, 0.15) is 0 Å². The smallest absolute Gasteiger partial charge is 0.228 e. The Labute approximate surface area is 165 Å². The van der Waals surface area contributed by atoms with E-state index in [-0.39, 0.29) is 23.8 Å². The summed E-state index contributed by atoms with van der Waals surface area (Å²) in [5.74, 6) is 0.182. The first-order valence-electron chi connectivity index (χ1n) is 10.0. The highest BCUT2D eigenvalue weighted by Crippen LogP contribution is 2.30. The molecule has 5 rings (SSSR count). The zero-order chi connectivity index (χ0) is 19.7. The molecule has 3 fully saturated rings. The van der Waals surface area contributed by atoms with Crippen LogP contribution in [-0.4, -0.2) is 55.9 Å². The van der Waals surface area contributed by atoms with Crippen LogP contribution in [0.2, 0.25) is 0 Å². The van der Waals surface area contributed by atoms with E-state index in [1.54, 1.807) is 6.20 Å². The van der Waals surface area contributed by atoms with E-state index in [4.69, 9.17) is 0 Å². The quantitative estimate of drug-likeness (QED) is 0.859. The molecule has 5 heterocycles. The number of hydrogen-bond acceptors (Lipinski definition) is 4. The van der Waals surface area contributed by atoms with Crippen LogP contribution in [0.1, 0.15) is 41.9 Å². The number of rotatable bonds is 5. The summed E-state index contributed by atoms with van der Waals surface area (Å²) in [7, 11) is 0. The highest BCUT2D eigenvalue weighted by Gasteiger charge is 2.41. The number of aromatic nitrogens is 3. The van der Waals surface area contributed by atoms with Crippen molar-refractivity contribution in [2.45, 2.75) is 52.1 Å². The fraction of sp³-hybridized carbons (Fsp3) is 0.524. The van der Waals surface area contributed by atoms with Crippen molar-refractivity contribution in [3.63, 3.8) is 0 Å². The second-order valence-corrected chi connectivity index (χ2v) is 7.93. The first-order valence-corrected chi connectivity index (χ1v) is 10.0. The summed E-state index contributed by atoms with van der Waals surface area (Å²) in [4.78, 5) is 34.0. The highest BCUT2D eigenvalue weighted by molar-refractivity contribution is 5.83. The fourth-order valence-corrected chi connectivity index (χ4v) is 4.28. The molecule has 0 unspecified atom stereocenters. The molecule has 148 valence electrons. The van der Waals surface area contributed by atoms with Crippen LogP contribution in [0.4, 0.5) is 0 Å². The van der Waals surface area contributed by atoms with Crippen molar-refractivity contribution in [1.29, 1.82) is 0 Å². The van der Waals surface area contributed by atoms with Crippen molar-refractivity contribution >= 4 is 11.8 Å². The van der Waals surface area contributed by atoms with Crippen molar-refractivity contribution in [2.75, 3.05) is 13.1 Å². The minimum atomic E-state index is -0.0965. The van der Waals surface area contributed by atoms with E-state index in [1.807, 2.05) is 41.8 Å². The van der Waals surface area contributed by atoms with E-state index < -0.39 is 0 Å². The first kappa shape index (κ1) is 18.7. The fourth-order valence-electron chi connectivity index (χ4n) is 4.28. The van der Waals surface area contributed by atoms with Crippen LogP contribution in [0.3, 0.4) is 0 Å². The van der Waals surface area contributed by atoms with Gasteiger partial charge in [-0.3, -0.25) is 19.7 Å². The zero-order valence-corrected chi connectivity index (χ0v) is 16.5. The maximum atomic E-state index is 13.0. The molecule has 2 aromatic rings. The molecule has 3 aliphatic heterocycles.